The first-order valence-corrected chi connectivity index (χ1v) is 7.50. The number of fused-ring (bicyclic) bond motifs is 1. The summed E-state index contributed by atoms with van der Waals surface area (Å²) in [4.78, 5) is 13.8. The Labute approximate surface area is 130 Å². The van der Waals surface area contributed by atoms with E-state index in [4.69, 9.17) is 14.7 Å². The van der Waals surface area contributed by atoms with Gasteiger partial charge in [-0.1, -0.05) is 12.1 Å². The van der Waals surface area contributed by atoms with Crippen molar-refractivity contribution < 1.29 is 14.3 Å². The largest absolute Gasteiger partial charge is 0.444 e. The molecule has 2 aliphatic rings. The molecule has 2 fully saturated rings. The number of amides is 1. The predicted molar refractivity (Wildman–Crippen MR) is 80.1 cm³/mol. The third kappa shape index (κ3) is 2.67. The maximum Gasteiger partial charge on any atom is 0.410 e. The predicted octanol–water partition coefficient (Wildman–Crippen LogP) is 2.79. The molecule has 5 heteroatoms. The van der Waals surface area contributed by atoms with Gasteiger partial charge in [0.15, 0.2) is 0 Å². The molecule has 0 saturated carbocycles. The van der Waals surface area contributed by atoms with Gasteiger partial charge in [0.05, 0.1) is 18.2 Å². The summed E-state index contributed by atoms with van der Waals surface area (Å²) in [6.45, 7) is 6.76. The summed E-state index contributed by atoms with van der Waals surface area (Å²) >= 11 is 0. The molecule has 1 aromatic carbocycles. The van der Waals surface area contributed by atoms with Crippen LogP contribution in [0, 0.1) is 11.3 Å². The summed E-state index contributed by atoms with van der Waals surface area (Å²) < 4.78 is 11.3. The number of nitriles is 1. The molecule has 2 saturated heterocycles. The lowest BCUT2D eigenvalue weighted by molar-refractivity contribution is 0.0217. The lowest BCUT2D eigenvalue weighted by Gasteiger charge is -2.31. The molecule has 2 aliphatic heterocycles. The molecule has 22 heavy (non-hydrogen) atoms. The minimum atomic E-state index is -0.483. The number of benzene rings is 1. The van der Waals surface area contributed by atoms with E-state index in [0.717, 1.165) is 12.0 Å². The van der Waals surface area contributed by atoms with Gasteiger partial charge in [0.2, 0.25) is 0 Å². The van der Waals surface area contributed by atoms with Crippen LogP contribution in [0.1, 0.15) is 38.3 Å². The van der Waals surface area contributed by atoms with Gasteiger partial charge in [0.1, 0.15) is 17.3 Å². The molecule has 5 nitrogen and oxygen atoms in total. The molecule has 0 N–H and O–H groups in total. The van der Waals surface area contributed by atoms with Crippen LogP contribution < -0.4 is 0 Å². The molecule has 0 aliphatic carbocycles. The van der Waals surface area contributed by atoms with Gasteiger partial charge in [0, 0.05) is 13.0 Å². The number of carbonyl (C=O) groups excluding carboxylic acids is 1. The Kier molecular flexibility index (Phi) is 3.37. The van der Waals surface area contributed by atoms with Crippen LogP contribution in [-0.2, 0) is 15.1 Å². The molecule has 1 amide bonds. The van der Waals surface area contributed by atoms with E-state index >= 15 is 0 Å². The van der Waals surface area contributed by atoms with Crippen LogP contribution >= 0.6 is 0 Å². The smallest absolute Gasteiger partial charge is 0.410 e. The monoisotopic (exact) mass is 300 g/mol. The Bertz CT molecular complexity index is 627. The maximum atomic E-state index is 12.1. The van der Waals surface area contributed by atoms with Gasteiger partial charge in [-0.05, 0) is 38.5 Å². The van der Waals surface area contributed by atoms with Gasteiger partial charge >= 0.3 is 6.09 Å². The number of carbonyl (C=O) groups is 1. The van der Waals surface area contributed by atoms with E-state index in [1.54, 1.807) is 4.90 Å². The Hall–Kier alpha value is -2.06. The fourth-order valence-electron chi connectivity index (χ4n) is 2.93. The zero-order valence-electron chi connectivity index (χ0n) is 13.1. The van der Waals surface area contributed by atoms with E-state index in [2.05, 4.69) is 6.07 Å². The number of hydrogen-bond acceptors (Lipinski definition) is 4. The number of rotatable bonds is 1. The average Bonchev–Trinajstić information content (AvgIpc) is 3.20. The highest BCUT2D eigenvalue weighted by Gasteiger charge is 2.60. The lowest BCUT2D eigenvalue weighted by atomic mass is 9.88. The van der Waals surface area contributed by atoms with Crippen LogP contribution in [0.15, 0.2) is 24.3 Å². The lowest BCUT2D eigenvalue weighted by Crippen LogP contribution is -2.44. The fourth-order valence-corrected chi connectivity index (χ4v) is 2.93. The third-order valence-corrected chi connectivity index (χ3v) is 4.11. The van der Waals surface area contributed by atoms with Crippen molar-refractivity contribution in [3.05, 3.63) is 35.4 Å². The van der Waals surface area contributed by atoms with E-state index in [9.17, 15) is 4.79 Å². The van der Waals surface area contributed by atoms with E-state index in [-0.39, 0.29) is 17.8 Å². The molecular weight excluding hydrogens is 280 g/mol. The average molecular weight is 300 g/mol. The van der Waals surface area contributed by atoms with Crippen LogP contribution in [0.4, 0.5) is 4.79 Å². The highest BCUT2D eigenvalue weighted by atomic mass is 16.6. The highest BCUT2D eigenvalue weighted by molar-refractivity contribution is 5.68. The highest BCUT2D eigenvalue weighted by Crippen LogP contribution is 2.52. The maximum absolute atomic E-state index is 12.1. The topological polar surface area (TPSA) is 65.9 Å². The van der Waals surface area contributed by atoms with Crippen LogP contribution in [0.25, 0.3) is 0 Å². The standard InChI is InChI=1S/C17H20N2O3/c1-16(2,3)22-15(20)19-9-8-17(14(11-19)21-17)13-6-4-12(10-18)5-7-13/h4-7,14H,8-9,11H2,1-3H3/t14-,17-/m1/s1. The molecule has 0 spiro atoms. The molecule has 3 rings (SSSR count). The second-order valence-electron chi connectivity index (χ2n) is 6.86. The van der Waals surface area contributed by atoms with Crippen molar-refractivity contribution in [3.63, 3.8) is 0 Å². The summed E-state index contributed by atoms with van der Waals surface area (Å²) in [7, 11) is 0. The van der Waals surface area contributed by atoms with E-state index < -0.39 is 5.60 Å². The van der Waals surface area contributed by atoms with Gasteiger partial charge < -0.3 is 14.4 Å². The number of ether oxygens (including phenoxy) is 2. The summed E-state index contributed by atoms with van der Waals surface area (Å²) in [5.74, 6) is 0. The summed E-state index contributed by atoms with van der Waals surface area (Å²) in [5, 5.41) is 8.86. The number of likely N-dealkylation sites (tertiary alicyclic amines) is 1. The summed E-state index contributed by atoms with van der Waals surface area (Å²) in [6.07, 6.45) is 0.487. The molecule has 2 atom stereocenters. The Morgan fingerprint density at radius 2 is 2.09 bits per heavy atom. The van der Waals surface area contributed by atoms with Gasteiger partial charge in [0.25, 0.3) is 0 Å². The summed E-state index contributed by atoms with van der Waals surface area (Å²) in [6, 6.07) is 9.63. The number of nitrogens with zero attached hydrogens (tertiary/aromatic N) is 2. The van der Waals surface area contributed by atoms with Crippen LogP contribution in [-0.4, -0.2) is 35.8 Å². The second kappa shape index (κ2) is 4.99. The van der Waals surface area contributed by atoms with Gasteiger partial charge in [-0.25, -0.2) is 4.79 Å². The van der Waals surface area contributed by atoms with Crippen molar-refractivity contribution in [1.82, 2.24) is 4.90 Å². The van der Waals surface area contributed by atoms with Crippen molar-refractivity contribution in [2.24, 2.45) is 0 Å². The minimum Gasteiger partial charge on any atom is -0.444 e. The molecule has 0 aromatic heterocycles. The van der Waals surface area contributed by atoms with E-state index in [1.165, 1.54) is 0 Å². The first-order chi connectivity index (χ1) is 10.3. The fraction of sp³-hybridized carbons (Fsp3) is 0.529. The number of epoxide rings is 1. The molecular formula is C17H20N2O3. The Morgan fingerprint density at radius 3 is 2.64 bits per heavy atom. The Balaban J connectivity index is 1.66. The first-order valence-electron chi connectivity index (χ1n) is 7.50. The van der Waals surface area contributed by atoms with Crippen LogP contribution in [0.5, 0.6) is 0 Å². The zero-order valence-corrected chi connectivity index (χ0v) is 13.1. The normalized spacial score (nSPS) is 26.8. The quantitative estimate of drug-likeness (QED) is 0.748. The van der Waals surface area contributed by atoms with Crippen molar-refractivity contribution in [1.29, 1.82) is 5.26 Å². The van der Waals surface area contributed by atoms with E-state index in [0.29, 0.717) is 18.7 Å². The molecule has 0 bridgehead atoms. The van der Waals surface area contributed by atoms with Crippen LogP contribution in [0.2, 0.25) is 0 Å². The van der Waals surface area contributed by atoms with Gasteiger partial charge in [-0.3, -0.25) is 0 Å². The molecule has 1 aromatic rings. The minimum absolute atomic E-state index is 0.0155. The number of hydrogen-bond donors (Lipinski definition) is 0. The van der Waals surface area contributed by atoms with Crippen molar-refractivity contribution >= 4 is 6.09 Å². The van der Waals surface area contributed by atoms with Crippen molar-refractivity contribution in [2.75, 3.05) is 13.1 Å². The van der Waals surface area contributed by atoms with Crippen molar-refractivity contribution in [3.8, 4) is 6.07 Å². The molecule has 2 heterocycles. The van der Waals surface area contributed by atoms with Crippen LogP contribution in [0.3, 0.4) is 0 Å². The molecule has 0 unspecified atom stereocenters. The number of piperidine rings is 1. The third-order valence-electron chi connectivity index (χ3n) is 4.11. The first kappa shape index (κ1) is 14.9. The zero-order chi connectivity index (χ0) is 16.0. The molecule has 116 valence electrons. The van der Waals surface area contributed by atoms with Crippen molar-refractivity contribution in [2.45, 2.75) is 44.5 Å². The Morgan fingerprint density at radius 1 is 1.41 bits per heavy atom. The second-order valence-corrected chi connectivity index (χ2v) is 6.86. The summed E-state index contributed by atoms with van der Waals surface area (Å²) in [5.41, 5.74) is 0.958. The SMILES string of the molecule is CC(C)(C)OC(=O)N1CC[C@]2(c3ccc(C#N)cc3)O[C@@H]2C1. The van der Waals surface area contributed by atoms with E-state index in [1.807, 2.05) is 45.0 Å². The van der Waals surface area contributed by atoms with Gasteiger partial charge in [-0.2, -0.15) is 5.26 Å². The van der Waals surface area contributed by atoms with Gasteiger partial charge in [-0.15, -0.1) is 0 Å². The molecule has 0 radical (unpaired) electrons.